The molecule has 0 heterocycles. The van der Waals surface area contributed by atoms with E-state index in [1.54, 1.807) is 30.3 Å². The average molecular weight is 385 g/mol. The van der Waals surface area contributed by atoms with E-state index in [2.05, 4.69) is 5.32 Å². The molecule has 3 rings (SSSR count). The van der Waals surface area contributed by atoms with Crippen LogP contribution in [0.2, 0.25) is 0 Å². The van der Waals surface area contributed by atoms with Crippen LogP contribution < -0.4 is 10.1 Å². The van der Waals surface area contributed by atoms with Crippen LogP contribution in [0.3, 0.4) is 0 Å². The van der Waals surface area contributed by atoms with E-state index in [-0.39, 0.29) is 6.54 Å². The fourth-order valence-electron chi connectivity index (χ4n) is 2.91. The zero-order valence-corrected chi connectivity index (χ0v) is 15.3. The molecule has 0 fully saturated rings. The highest BCUT2D eigenvalue weighted by Gasteiger charge is 2.33. The van der Waals surface area contributed by atoms with Gasteiger partial charge < -0.3 is 15.2 Å². The van der Waals surface area contributed by atoms with Crippen LogP contribution in [0, 0.1) is 0 Å². The van der Waals surface area contributed by atoms with E-state index < -0.39 is 24.0 Å². The van der Waals surface area contributed by atoms with E-state index in [0.717, 1.165) is 10.8 Å². The molecule has 3 aromatic carbocycles. The van der Waals surface area contributed by atoms with Crippen LogP contribution >= 0.6 is 0 Å². The van der Waals surface area contributed by atoms with Gasteiger partial charge in [0.2, 0.25) is 0 Å². The number of amides is 1. The Morgan fingerprint density at radius 1 is 1.04 bits per heavy atom. The molecular weight excluding hydrogens is 364 g/mol. The highest BCUT2D eigenvalue weighted by Crippen LogP contribution is 2.31. The first-order chi connectivity index (χ1) is 13.4. The summed E-state index contributed by atoms with van der Waals surface area (Å²) in [6.07, 6.45) is -2.08. The molecule has 2 N–H and O–H groups in total. The smallest absolute Gasteiger partial charge is 0.321 e. The van der Waals surface area contributed by atoms with Crippen molar-refractivity contribution in [2.75, 3.05) is 6.54 Å². The minimum absolute atomic E-state index is 0.368. The third-order valence-electron chi connectivity index (χ3n) is 4.35. The maximum atomic E-state index is 13.1. The van der Waals surface area contributed by atoms with Gasteiger partial charge in [0.15, 0.2) is 6.10 Å². The van der Waals surface area contributed by atoms with Crippen molar-refractivity contribution in [2.45, 2.75) is 25.1 Å². The number of rotatable bonds is 7. The van der Waals surface area contributed by atoms with E-state index in [9.17, 15) is 18.7 Å². The number of alkyl halides is 2. The molecule has 4 nitrogen and oxygen atoms in total. The Balaban J connectivity index is 1.86. The second kappa shape index (κ2) is 8.35. The average Bonchev–Trinajstić information content (AvgIpc) is 2.70. The summed E-state index contributed by atoms with van der Waals surface area (Å²) < 4.78 is 32.3. The quantitative estimate of drug-likeness (QED) is 0.644. The Labute approximate surface area is 161 Å². The maximum Gasteiger partial charge on any atom is 0.321 e. The van der Waals surface area contributed by atoms with Gasteiger partial charge in [0.1, 0.15) is 11.9 Å². The highest BCUT2D eigenvalue weighted by molar-refractivity contribution is 5.88. The fourth-order valence-corrected chi connectivity index (χ4v) is 2.91. The first-order valence-electron chi connectivity index (χ1n) is 8.90. The number of fused-ring (bicyclic) bond motifs is 1. The van der Waals surface area contributed by atoms with Gasteiger partial charge in [-0.05, 0) is 17.0 Å². The van der Waals surface area contributed by atoms with Crippen LogP contribution in [0.15, 0.2) is 72.8 Å². The number of hydrogen-bond acceptors (Lipinski definition) is 3. The number of nitrogens with one attached hydrogen (secondary N) is 1. The maximum absolute atomic E-state index is 13.1. The second-order valence-electron chi connectivity index (χ2n) is 6.59. The van der Waals surface area contributed by atoms with Gasteiger partial charge in [-0.2, -0.15) is 8.78 Å². The predicted molar refractivity (Wildman–Crippen MR) is 103 cm³/mol. The summed E-state index contributed by atoms with van der Waals surface area (Å²) in [6.45, 7) is 0.141. The molecule has 28 heavy (non-hydrogen) atoms. The van der Waals surface area contributed by atoms with Gasteiger partial charge in [-0.1, -0.05) is 66.7 Å². The van der Waals surface area contributed by atoms with Gasteiger partial charge in [0.25, 0.3) is 5.91 Å². The van der Waals surface area contributed by atoms with Crippen LogP contribution in [0.5, 0.6) is 5.75 Å². The van der Waals surface area contributed by atoms with Gasteiger partial charge in [0, 0.05) is 18.9 Å². The Kier molecular flexibility index (Phi) is 5.90. The molecule has 3 aromatic rings. The summed E-state index contributed by atoms with van der Waals surface area (Å²) in [7, 11) is 0. The lowest BCUT2D eigenvalue weighted by Gasteiger charge is -2.26. The standard InChI is InChI=1S/C22H21F2NO3/c1-22(23,24)21(27)25-14-18(26)20(16-9-3-2-4-10-16)28-19-13-7-11-15-8-5-6-12-17(15)19/h2-13,18,20,26H,14H2,1H3,(H,25,27). The molecule has 0 aromatic heterocycles. The SMILES string of the molecule is CC(F)(F)C(=O)NCC(O)C(Oc1cccc2ccccc12)c1ccccc1. The first kappa shape index (κ1) is 19.8. The molecule has 0 aliphatic heterocycles. The lowest BCUT2D eigenvalue weighted by molar-refractivity contribution is -0.143. The van der Waals surface area contributed by atoms with E-state index in [1.807, 2.05) is 42.5 Å². The van der Waals surface area contributed by atoms with Gasteiger partial charge in [-0.15, -0.1) is 0 Å². The molecule has 0 saturated carbocycles. The van der Waals surface area contributed by atoms with Crippen molar-refractivity contribution in [2.24, 2.45) is 0 Å². The number of benzene rings is 3. The molecule has 2 atom stereocenters. The summed E-state index contributed by atoms with van der Waals surface area (Å²) in [5.74, 6) is -4.40. The molecule has 0 bridgehead atoms. The molecule has 0 aliphatic rings. The van der Waals surface area contributed by atoms with Crippen LogP contribution in [-0.2, 0) is 4.79 Å². The number of ether oxygens (including phenoxy) is 1. The molecular formula is C22H21F2NO3. The molecule has 0 aliphatic carbocycles. The number of halogens is 2. The Bertz CT molecular complexity index is 936. The predicted octanol–water partition coefficient (Wildman–Crippen LogP) is 4.09. The Morgan fingerprint density at radius 2 is 1.68 bits per heavy atom. The van der Waals surface area contributed by atoms with Crippen LogP contribution in [-0.4, -0.2) is 29.6 Å². The molecule has 146 valence electrons. The third-order valence-corrected chi connectivity index (χ3v) is 4.35. The first-order valence-corrected chi connectivity index (χ1v) is 8.90. The number of carbonyl (C=O) groups excluding carboxylic acids is 1. The lowest BCUT2D eigenvalue weighted by Crippen LogP contribution is -2.43. The molecule has 0 saturated heterocycles. The largest absolute Gasteiger partial charge is 0.482 e. The summed E-state index contributed by atoms with van der Waals surface area (Å²) in [5, 5.41) is 14.5. The third kappa shape index (κ3) is 4.64. The van der Waals surface area contributed by atoms with E-state index in [1.165, 1.54) is 0 Å². The van der Waals surface area contributed by atoms with E-state index >= 15 is 0 Å². The zero-order valence-electron chi connectivity index (χ0n) is 15.3. The molecule has 0 radical (unpaired) electrons. The molecule has 0 spiro atoms. The summed E-state index contributed by atoms with van der Waals surface area (Å²) in [5.41, 5.74) is 0.667. The lowest BCUT2D eigenvalue weighted by atomic mass is 10.0. The minimum atomic E-state index is -3.52. The minimum Gasteiger partial charge on any atom is -0.482 e. The highest BCUT2D eigenvalue weighted by atomic mass is 19.3. The van der Waals surface area contributed by atoms with Gasteiger partial charge in [0.05, 0.1) is 0 Å². The number of aliphatic hydroxyl groups excluding tert-OH is 1. The normalized spacial score (nSPS) is 13.7. The van der Waals surface area contributed by atoms with E-state index in [0.29, 0.717) is 18.2 Å². The van der Waals surface area contributed by atoms with Crippen molar-refractivity contribution in [3.63, 3.8) is 0 Å². The van der Waals surface area contributed by atoms with Crippen molar-refractivity contribution >= 4 is 16.7 Å². The Hall–Kier alpha value is -2.99. The molecule has 6 heteroatoms. The van der Waals surface area contributed by atoms with Gasteiger partial charge in [-0.25, -0.2) is 0 Å². The van der Waals surface area contributed by atoms with Crippen molar-refractivity contribution < 1.29 is 23.4 Å². The van der Waals surface area contributed by atoms with Crippen LogP contribution in [0.1, 0.15) is 18.6 Å². The summed E-state index contributed by atoms with van der Waals surface area (Å²) in [4.78, 5) is 11.4. The van der Waals surface area contributed by atoms with Crippen LogP contribution in [0.4, 0.5) is 8.78 Å². The second-order valence-corrected chi connectivity index (χ2v) is 6.59. The monoisotopic (exact) mass is 385 g/mol. The van der Waals surface area contributed by atoms with Gasteiger partial charge in [-0.3, -0.25) is 4.79 Å². The van der Waals surface area contributed by atoms with Crippen molar-refractivity contribution in [1.82, 2.24) is 5.32 Å². The Morgan fingerprint density at radius 3 is 2.39 bits per heavy atom. The molecule has 1 amide bonds. The number of aliphatic hydroxyl groups is 1. The van der Waals surface area contributed by atoms with E-state index in [4.69, 9.17) is 4.74 Å². The summed E-state index contributed by atoms with van der Waals surface area (Å²) >= 11 is 0. The van der Waals surface area contributed by atoms with Crippen molar-refractivity contribution in [3.8, 4) is 5.75 Å². The van der Waals surface area contributed by atoms with Gasteiger partial charge >= 0.3 is 5.92 Å². The molecule has 2 unspecified atom stereocenters. The fraction of sp³-hybridized carbons (Fsp3) is 0.227. The van der Waals surface area contributed by atoms with Crippen molar-refractivity contribution in [3.05, 3.63) is 78.4 Å². The summed E-state index contributed by atoms with van der Waals surface area (Å²) in [6, 6.07) is 22.2. The zero-order chi connectivity index (χ0) is 20.1. The topological polar surface area (TPSA) is 58.6 Å². The van der Waals surface area contributed by atoms with Crippen LogP contribution in [0.25, 0.3) is 10.8 Å². The number of carbonyl (C=O) groups is 1. The number of hydrogen-bond donors (Lipinski definition) is 2. The van der Waals surface area contributed by atoms with Crippen molar-refractivity contribution in [1.29, 1.82) is 0 Å².